The SMILES string of the molecule is Cc1ccc(-c2cc(C(=O)O)cc(-c3cc(C(F)(F)CF)ccc3C#N)c2)nc1. The molecule has 2 aromatic carbocycles. The first-order valence-corrected chi connectivity index (χ1v) is 8.55. The summed E-state index contributed by atoms with van der Waals surface area (Å²) in [5, 5.41) is 18.9. The zero-order valence-electron chi connectivity index (χ0n) is 15.3. The third kappa shape index (κ3) is 4.11. The number of nitriles is 1. The van der Waals surface area contributed by atoms with Crippen LogP contribution in [0.5, 0.6) is 0 Å². The molecule has 3 aromatic rings. The number of hydrogen-bond donors (Lipinski definition) is 1. The Labute approximate surface area is 164 Å². The summed E-state index contributed by atoms with van der Waals surface area (Å²) in [5.74, 6) is -4.93. The van der Waals surface area contributed by atoms with E-state index in [0.29, 0.717) is 11.3 Å². The number of pyridine rings is 1. The first-order valence-electron chi connectivity index (χ1n) is 8.55. The lowest BCUT2D eigenvalue weighted by molar-refractivity contribution is -0.0280. The van der Waals surface area contributed by atoms with Crippen LogP contribution in [0, 0.1) is 18.3 Å². The molecular weight excluding hydrogens is 381 g/mol. The fourth-order valence-electron chi connectivity index (χ4n) is 2.88. The number of halogens is 3. The highest BCUT2D eigenvalue weighted by Gasteiger charge is 2.32. The van der Waals surface area contributed by atoms with E-state index in [0.717, 1.165) is 17.7 Å². The Balaban J connectivity index is 2.25. The molecule has 0 unspecified atom stereocenters. The van der Waals surface area contributed by atoms with Crippen molar-refractivity contribution < 1.29 is 23.1 Å². The Morgan fingerprint density at radius 2 is 1.86 bits per heavy atom. The lowest BCUT2D eigenvalue weighted by Gasteiger charge is -2.15. The van der Waals surface area contributed by atoms with Crippen molar-refractivity contribution in [3.8, 4) is 28.5 Å². The summed E-state index contributed by atoms with van der Waals surface area (Å²) in [7, 11) is 0. The summed E-state index contributed by atoms with van der Waals surface area (Å²) in [5.41, 5.74) is 1.57. The number of aromatic carboxylic acids is 1. The van der Waals surface area contributed by atoms with Crippen molar-refractivity contribution in [2.75, 3.05) is 6.67 Å². The van der Waals surface area contributed by atoms with E-state index in [1.54, 1.807) is 24.4 Å². The number of aromatic nitrogens is 1. The van der Waals surface area contributed by atoms with E-state index in [-0.39, 0.29) is 22.3 Å². The van der Waals surface area contributed by atoms with E-state index in [1.165, 1.54) is 18.2 Å². The van der Waals surface area contributed by atoms with Crippen LogP contribution in [0.25, 0.3) is 22.4 Å². The van der Waals surface area contributed by atoms with Gasteiger partial charge in [-0.05, 0) is 60.0 Å². The smallest absolute Gasteiger partial charge is 0.335 e. The third-order valence-electron chi connectivity index (χ3n) is 4.43. The van der Waals surface area contributed by atoms with E-state index < -0.39 is 24.1 Å². The molecule has 7 heteroatoms. The van der Waals surface area contributed by atoms with Crippen molar-refractivity contribution in [2.24, 2.45) is 0 Å². The minimum atomic E-state index is -3.71. The average Bonchev–Trinajstić information content (AvgIpc) is 2.73. The van der Waals surface area contributed by atoms with Crippen molar-refractivity contribution >= 4 is 5.97 Å². The van der Waals surface area contributed by atoms with Crippen molar-refractivity contribution in [1.29, 1.82) is 5.26 Å². The summed E-state index contributed by atoms with van der Waals surface area (Å²) in [6, 6.07) is 12.9. The first kappa shape index (κ1) is 20.1. The molecule has 1 N–H and O–H groups in total. The van der Waals surface area contributed by atoms with Gasteiger partial charge in [-0.25, -0.2) is 9.18 Å². The number of carboxylic acids is 1. The molecule has 0 atom stereocenters. The topological polar surface area (TPSA) is 74.0 Å². The number of aryl methyl sites for hydroxylation is 1. The maximum atomic E-state index is 13.8. The van der Waals surface area contributed by atoms with Crippen LogP contribution < -0.4 is 0 Å². The molecule has 0 aliphatic carbocycles. The molecule has 0 fully saturated rings. The van der Waals surface area contributed by atoms with Gasteiger partial charge in [0, 0.05) is 17.3 Å². The van der Waals surface area contributed by atoms with E-state index in [1.807, 2.05) is 13.0 Å². The lowest BCUT2D eigenvalue weighted by atomic mass is 9.92. The number of alkyl halides is 3. The molecule has 0 radical (unpaired) electrons. The van der Waals surface area contributed by atoms with Crippen LogP contribution in [-0.2, 0) is 5.92 Å². The maximum absolute atomic E-state index is 13.8. The largest absolute Gasteiger partial charge is 0.478 e. The second-order valence-electron chi connectivity index (χ2n) is 6.54. The Hall–Kier alpha value is -3.66. The molecule has 0 saturated carbocycles. The summed E-state index contributed by atoms with van der Waals surface area (Å²) >= 11 is 0. The number of nitrogens with zero attached hydrogens (tertiary/aromatic N) is 2. The van der Waals surface area contributed by atoms with Crippen molar-refractivity contribution in [1.82, 2.24) is 4.98 Å². The second-order valence-corrected chi connectivity index (χ2v) is 6.54. The Kier molecular flexibility index (Phi) is 5.37. The average molecular weight is 396 g/mol. The summed E-state index contributed by atoms with van der Waals surface area (Å²) in [6.45, 7) is -0.0301. The molecule has 0 aliphatic heterocycles. The highest BCUT2D eigenvalue weighted by molar-refractivity contribution is 5.92. The van der Waals surface area contributed by atoms with Gasteiger partial charge in [0.2, 0.25) is 0 Å². The zero-order valence-corrected chi connectivity index (χ0v) is 15.3. The second kappa shape index (κ2) is 7.76. The summed E-state index contributed by atoms with van der Waals surface area (Å²) < 4.78 is 40.4. The molecule has 3 rings (SSSR count). The van der Waals surface area contributed by atoms with E-state index in [2.05, 4.69) is 4.98 Å². The molecule has 0 saturated heterocycles. The van der Waals surface area contributed by atoms with Gasteiger partial charge < -0.3 is 5.11 Å². The van der Waals surface area contributed by atoms with Gasteiger partial charge in [0.1, 0.15) is 0 Å². The number of benzene rings is 2. The highest BCUT2D eigenvalue weighted by atomic mass is 19.3. The Bertz CT molecular complexity index is 1120. The Morgan fingerprint density at radius 1 is 1.14 bits per heavy atom. The molecule has 146 valence electrons. The number of hydrogen-bond acceptors (Lipinski definition) is 3. The van der Waals surface area contributed by atoms with Gasteiger partial charge in [-0.1, -0.05) is 12.1 Å². The molecule has 0 aliphatic rings. The molecule has 29 heavy (non-hydrogen) atoms. The minimum absolute atomic E-state index is 0.0637. The quantitative estimate of drug-likeness (QED) is 0.630. The summed E-state index contributed by atoms with van der Waals surface area (Å²) in [6.07, 6.45) is 1.62. The highest BCUT2D eigenvalue weighted by Crippen LogP contribution is 2.35. The van der Waals surface area contributed by atoms with E-state index in [4.69, 9.17) is 0 Å². The van der Waals surface area contributed by atoms with Gasteiger partial charge in [0.15, 0.2) is 6.67 Å². The molecule has 1 aromatic heterocycles. The van der Waals surface area contributed by atoms with Gasteiger partial charge >= 0.3 is 11.9 Å². The number of rotatable bonds is 5. The fourth-order valence-corrected chi connectivity index (χ4v) is 2.88. The van der Waals surface area contributed by atoms with Crippen LogP contribution in [0.4, 0.5) is 13.2 Å². The fraction of sp³-hybridized carbons (Fsp3) is 0.136. The van der Waals surface area contributed by atoms with E-state index >= 15 is 0 Å². The Morgan fingerprint density at radius 3 is 2.45 bits per heavy atom. The zero-order chi connectivity index (χ0) is 21.2. The van der Waals surface area contributed by atoms with Crippen LogP contribution in [-0.4, -0.2) is 22.7 Å². The van der Waals surface area contributed by atoms with Crippen LogP contribution in [0.1, 0.15) is 27.0 Å². The standard InChI is InChI=1S/C22H15F3N2O2/c1-13-2-5-20(27-11-13)16-6-15(7-17(8-16)21(28)29)19-9-18(22(24,25)12-23)4-3-14(19)10-26/h2-9,11H,12H2,1H3,(H,28,29). The molecule has 0 amide bonds. The van der Waals surface area contributed by atoms with Crippen molar-refractivity contribution in [2.45, 2.75) is 12.8 Å². The first-order chi connectivity index (χ1) is 13.7. The monoisotopic (exact) mass is 396 g/mol. The van der Waals surface area contributed by atoms with E-state index in [9.17, 15) is 28.3 Å². The van der Waals surface area contributed by atoms with Crippen LogP contribution >= 0.6 is 0 Å². The molecule has 4 nitrogen and oxygen atoms in total. The van der Waals surface area contributed by atoms with Crippen molar-refractivity contribution in [3.05, 3.63) is 77.0 Å². The number of carbonyl (C=O) groups is 1. The van der Waals surface area contributed by atoms with Crippen LogP contribution in [0.15, 0.2) is 54.7 Å². The molecule has 1 heterocycles. The van der Waals surface area contributed by atoms with Crippen LogP contribution in [0.3, 0.4) is 0 Å². The third-order valence-corrected chi connectivity index (χ3v) is 4.43. The molecular formula is C22H15F3N2O2. The van der Waals surface area contributed by atoms with Gasteiger partial charge in [0.05, 0.1) is 22.9 Å². The van der Waals surface area contributed by atoms with Gasteiger partial charge in [-0.2, -0.15) is 14.0 Å². The number of carboxylic acid groups (broad SMARTS) is 1. The summed E-state index contributed by atoms with van der Waals surface area (Å²) in [4.78, 5) is 15.9. The lowest BCUT2D eigenvalue weighted by Crippen LogP contribution is -2.16. The van der Waals surface area contributed by atoms with Gasteiger partial charge in [0.25, 0.3) is 0 Å². The predicted octanol–water partition coefficient (Wildman–Crippen LogP) is 5.36. The van der Waals surface area contributed by atoms with Gasteiger partial charge in [-0.3, -0.25) is 4.98 Å². The van der Waals surface area contributed by atoms with Crippen molar-refractivity contribution in [3.63, 3.8) is 0 Å². The van der Waals surface area contributed by atoms with Crippen LogP contribution in [0.2, 0.25) is 0 Å². The molecule has 0 bridgehead atoms. The normalized spacial score (nSPS) is 11.1. The minimum Gasteiger partial charge on any atom is -0.478 e. The molecule has 0 spiro atoms. The maximum Gasteiger partial charge on any atom is 0.335 e. The van der Waals surface area contributed by atoms with Gasteiger partial charge in [-0.15, -0.1) is 0 Å². The predicted molar refractivity (Wildman–Crippen MR) is 101 cm³/mol.